The van der Waals surface area contributed by atoms with Gasteiger partial charge >= 0.3 is 6.03 Å². The molecule has 0 fully saturated rings. The summed E-state index contributed by atoms with van der Waals surface area (Å²) in [6, 6.07) is -0.602. The lowest BCUT2D eigenvalue weighted by molar-refractivity contribution is 0.241. The topological polar surface area (TPSA) is 93.2 Å². The first-order valence-electron chi connectivity index (χ1n) is 1.28. The number of amides is 2. The number of halogens is 1. The summed E-state index contributed by atoms with van der Waals surface area (Å²) in [5, 5.41) is 0. The van der Waals surface area contributed by atoms with Crippen molar-refractivity contribution in [2.24, 2.45) is 11.7 Å². The summed E-state index contributed by atoms with van der Waals surface area (Å²) in [4.78, 5) is 9.71. The second-order valence-electron chi connectivity index (χ2n) is 0.618. The van der Waals surface area contributed by atoms with E-state index in [-0.39, 0.29) is 17.0 Å². The molecule has 0 aliphatic carbocycles. The first-order valence-corrected chi connectivity index (χ1v) is 1.28. The third-order valence-corrected chi connectivity index (χ3v) is 0.262. The molecular formula is CH7BrN4O. The maximum absolute atomic E-state index is 9.71. The Morgan fingerprint density at radius 2 is 1.57 bits per heavy atom. The van der Waals surface area contributed by atoms with Crippen molar-refractivity contribution in [3.8, 4) is 0 Å². The fourth-order valence-electron chi connectivity index (χ4n) is 0.0417. The maximum Gasteiger partial charge on any atom is 0.343 e. The van der Waals surface area contributed by atoms with Crippen LogP contribution in [-0.2, 0) is 0 Å². The first-order chi connectivity index (χ1) is 2.81. The Labute approximate surface area is 51.1 Å². The van der Waals surface area contributed by atoms with Crippen LogP contribution in [0.25, 0.3) is 0 Å². The number of nitrogens with two attached hydrogens (primary N) is 2. The lowest BCUT2D eigenvalue weighted by atomic mass is 11.1. The summed E-state index contributed by atoms with van der Waals surface area (Å²) >= 11 is 0. The van der Waals surface area contributed by atoms with E-state index in [9.17, 15) is 4.79 Å². The van der Waals surface area contributed by atoms with Gasteiger partial charge in [-0.1, -0.05) is 0 Å². The molecule has 0 aromatic rings. The Balaban J connectivity index is 0. The number of carbonyl (C=O) groups excluding carboxylic acids is 1. The van der Waals surface area contributed by atoms with Crippen molar-refractivity contribution in [2.45, 2.75) is 0 Å². The Bertz CT molecular complexity index is 49.7. The fourth-order valence-corrected chi connectivity index (χ4v) is 0.0417. The summed E-state index contributed by atoms with van der Waals surface area (Å²) < 4.78 is 0. The molecule has 7 heavy (non-hydrogen) atoms. The number of urea groups is 1. The van der Waals surface area contributed by atoms with Crippen LogP contribution in [0.3, 0.4) is 0 Å². The molecular weight excluding hydrogens is 164 g/mol. The molecule has 0 atom stereocenters. The molecule has 0 saturated heterocycles. The van der Waals surface area contributed by atoms with Gasteiger partial charge in [0.1, 0.15) is 0 Å². The van der Waals surface area contributed by atoms with Gasteiger partial charge in [0.05, 0.1) is 0 Å². The van der Waals surface area contributed by atoms with Crippen molar-refractivity contribution in [1.29, 1.82) is 0 Å². The van der Waals surface area contributed by atoms with E-state index in [1.54, 1.807) is 10.9 Å². The van der Waals surface area contributed by atoms with E-state index in [2.05, 4.69) is 11.7 Å². The van der Waals surface area contributed by atoms with Crippen LogP contribution in [0.15, 0.2) is 0 Å². The van der Waals surface area contributed by atoms with Crippen molar-refractivity contribution in [2.75, 3.05) is 0 Å². The molecule has 0 heterocycles. The van der Waals surface area contributed by atoms with Crippen LogP contribution >= 0.6 is 17.0 Å². The van der Waals surface area contributed by atoms with Crippen LogP contribution in [-0.4, -0.2) is 6.03 Å². The molecule has 0 radical (unpaired) electrons. The average Bonchev–Trinajstić information content (AvgIpc) is 1.65. The van der Waals surface area contributed by atoms with Crippen LogP contribution in [0.1, 0.15) is 0 Å². The molecule has 2 amide bonds. The van der Waals surface area contributed by atoms with Crippen LogP contribution in [0.4, 0.5) is 4.79 Å². The van der Waals surface area contributed by atoms with Crippen molar-refractivity contribution in [3.63, 3.8) is 0 Å². The number of rotatable bonds is 0. The van der Waals surface area contributed by atoms with E-state index in [0.29, 0.717) is 0 Å². The van der Waals surface area contributed by atoms with Gasteiger partial charge in [0.2, 0.25) is 0 Å². The number of hydrogen-bond acceptors (Lipinski definition) is 3. The highest BCUT2D eigenvalue weighted by Crippen LogP contribution is 1.42. The van der Waals surface area contributed by atoms with Crippen molar-refractivity contribution < 1.29 is 4.79 Å². The second-order valence-corrected chi connectivity index (χ2v) is 0.618. The molecule has 0 bridgehead atoms. The van der Waals surface area contributed by atoms with E-state index in [1.165, 1.54) is 0 Å². The minimum Gasteiger partial charge on any atom is -0.275 e. The molecule has 0 aliphatic heterocycles. The molecule has 0 aliphatic rings. The summed E-state index contributed by atoms with van der Waals surface area (Å²) in [7, 11) is 0. The molecule has 0 unspecified atom stereocenters. The zero-order chi connectivity index (χ0) is 4.99. The van der Waals surface area contributed by atoms with E-state index in [1.807, 2.05) is 0 Å². The Hall–Kier alpha value is -0.330. The second kappa shape index (κ2) is 5.67. The Morgan fingerprint density at radius 3 is 1.57 bits per heavy atom. The van der Waals surface area contributed by atoms with Gasteiger partial charge in [0.15, 0.2) is 0 Å². The Kier molecular flexibility index (Phi) is 7.96. The maximum atomic E-state index is 9.71. The molecule has 0 saturated carbocycles. The average molecular weight is 171 g/mol. The zero-order valence-corrected chi connectivity index (χ0v) is 5.18. The number of carbonyl (C=O) groups is 1. The highest BCUT2D eigenvalue weighted by molar-refractivity contribution is 8.93. The molecule has 44 valence electrons. The fraction of sp³-hybridized carbons (Fsp3) is 0. The van der Waals surface area contributed by atoms with Gasteiger partial charge in [-0.15, -0.1) is 17.0 Å². The minimum atomic E-state index is -0.602. The highest BCUT2D eigenvalue weighted by Gasteiger charge is 1.82. The lowest BCUT2D eigenvalue weighted by Crippen LogP contribution is -2.43. The van der Waals surface area contributed by atoms with Crippen LogP contribution in [0.2, 0.25) is 0 Å². The number of hydrazine groups is 2. The van der Waals surface area contributed by atoms with Crippen molar-refractivity contribution >= 4 is 23.0 Å². The summed E-state index contributed by atoms with van der Waals surface area (Å²) in [5.74, 6) is 9.08. The summed E-state index contributed by atoms with van der Waals surface area (Å²) in [5.41, 5.74) is 3.48. The van der Waals surface area contributed by atoms with E-state index in [0.717, 1.165) is 0 Å². The van der Waals surface area contributed by atoms with Gasteiger partial charge in [-0.2, -0.15) is 0 Å². The van der Waals surface area contributed by atoms with Crippen LogP contribution in [0, 0.1) is 0 Å². The summed E-state index contributed by atoms with van der Waals surface area (Å²) in [6.07, 6.45) is 0. The SMILES string of the molecule is Br.NNC(=O)NN. The lowest BCUT2D eigenvalue weighted by Gasteiger charge is -1.90. The predicted molar refractivity (Wildman–Crippen MR) is 30.4 cm³/mol. The summed E-state index contributed by atoms with van der Waals surface area (Å²) in [6.45, 7) is 0. The van der Waals surface area contributed by atoms with Crippen LogP contribution < -0.4 is 22.5 Å². The third-order valence-electron chi connectivity index (χ3n) is 0.262. The van der Waals surface area contributed by atoms with E-state index < -0.39 is 6.03 Å². The van der Waals surface area contributed by atoms with Gasteiger partial charge in [0, 0.05) is 0 Å². The van der Waals surface area contributed by atoms with Gasteiger partial charge in [-0.25, -0.2) is 16.5 Å². The largest absolute Gasteiger partial charge is 0.343 e. The molecule has 6 heteroatoms. The molecule has 6 N–H and O–H groups in total. The molecule has 0 rings (SSSR count). The van der Waals surface area contributed by atoms with Crippen LogP contribution in [0.5, 0.6) is 0 Å². The van der Waals surface area contributed by atoms with Gasteiger partial charge < -0.3 is 0 Å². The van der Waals surface area contributed by atoms with E-state index in [4.69, 9.17) is 0 Å². The van der Waals surface area contributed by atoms with Gasteiger partial charge in [-0.05, 0) is 0 Å². The molecule has 0 aromatic carbocycles. The predicted octanol–water partition coefficient (Wildman–Crippen LogP) is -1.39. The smallest absolute Gasteiger partial charge is 0.275 e. The number of hydrogen-bond donors (Lipinski definition) is 4. The highest BCUT2D eigenvalue weighted by atomic mass is 79.9. The normalized spacial score (nSPS) is 6.00. The standard InChI is InChI=1S/CH6N4O.BrH/c2-4-1(6)5-3;/h2-3H2,(H2,4,5,6);1H. The monoisotopic (exact) mass is 170 g/mol. The molecule has 0 spiro atoms. The van der Waals surface area contributed by atoms with Crippen molar-refractivity contribution in [3.05, 3.63) is 0 Å². The third kappa shape index (κ3) is 5.67. The van der Waals surface area contributed by atoms with Crippen molar-refractivity contribution in [1.82, 2.24) is 10.9 Å². The molecule has 0 aromatic heterocycles. The zero-order valence-electron chi connectivity index (χ0n) is 3.47. The number of nitrogens with one attached hydrogen (secondary N) is 2. The van der Waals surface area contributed by atoms with E-state index >= 15 is 0 Å². The minimum absolute atomic E-state index is 0. The quantitative estimate of drug-likeness (QED) is 0.205. The van der Waals surface area contributed by atoms with Gasteiger partial charge in [0.25, 0.3) is 0 Å². The Morgan fingerprint density at radius 1 is 1.29 bits per heavy atom. The first kappa shape index (κ1) is 9.83. The molecule has 5 nitrogen and oxygen atoms in total. The van der Waals surface area contributed by atoms with Gasteiger partial charge in [-0.3, -0.25) is 10.9 Å².